The summed E-state index contributed by atoms with van der Waals surface area (Å²) in [5.74, 6) is -0.111. The van der Waals surface area contributed by atoms with Crippen LogP contribution in [0, 0.1) is 0 Å². The molecular formula is C38H44N6O4S2. The van der Waals surface area contributed by atoms with E-state index in [1.54, 1.807) is 12.1 Å². The van der Waals surface area contributed by atoms with Gasteiger partial charge < -0.3 is 20.4 Å². The standard InChI is InChI=1S/C38H44N6O4S2/c1-41(2)19-7-17-39-30-16-14-29-33-26(30)10-6-12-28(33)36(46)43(37(29)47)21-23-49-50-24-22-44-35(45)27-11-5-9-25-13-15-31(34(32(25)27)38(44)48)40-18-8-20-42(3)4/h5-6,9-16,39-40H,7-8,17-24H2,1-4H3. The fourth-order valence-corrected chi connectivity index (χ4v) is 8.52. The molecule has 4 aromatic carbocycles. The molecule has 4 aromatic rings. The van der Waals surface area contributed by atoms with Crippen molar-refractivity contribution in [3.8, 4) is 0 Å². The van der Waals surface area contributed by atoms with Gasteiger partial charge in [0, 0.05) is 81.9 Å². The minimum absolute atomic E-state index is 0.253. The molecule has 262 valence electrons. The highest BCUT2D eigenvalue weighted by Gasteiger charge is 2.35. The highest BCUT2D eigenvalue weighted by molar-refractivity contribution is 8.76. The second kappa shape index (κ2) is 15.8. The number of amides is 4. The van der Waals surface area contributed by atoms with E-state index < -0.39 is 0 Å². The van der Waals surface area contributed by atoms with Crippen LogP contribution in [0.4, 0.5) is 11.4 Å². The van der Waals surface area contributed by atoms with Gasteiger partial charge in [0.25, 0.3) is 23.6 Å². The molecule has 0 saturated heterocycles. The summed E-state index contributed by atoms with van der Waals surface area (Å²) in [5, 5.41) is 10.1. The number of rotatable bonds is 17. The molecule has 6 rings (SSSR count). The van der Waals surface area contributed by atoms with Gasteiger partial charge in [0.2, 0.25) is 0 Å². The van der Waals surface area contributed by atoms with Gasteiger partial charge in [-0.15, -0.1) is 0 Å². The maximum Gasteiger partial charge on any atom is 0.263 e. The first kappa shape index (κ1) is 35.7. The smallest absolute Gasteiger partial charge is 0.263 e. The molecule has 0 spiro atoms. The Morgan fingerprint density at radius 1 is 0.580 bits per heavy atom. The molecule has 10 nitrogen and oxygen atoms in total. The number of hydrogen-bond acceptors (Lipinski definition) is 10. The molecular weight excluding hydrogens is 669 g/mol. The average molecular weight is 713 g/mol. The van der Waals surface area contributed by atoms with Gasteiger partial charge in [-0.2, -0.15) is 0 Å². The Morgan fingerprint density at radius 2 is 1.10 bits per heavy atom. The van der Waals surface area contributed by atoms with E-state index in [1.807, 2.05) is 76.7 Å². The van der Waals surface area contributed by atoms with Crippen LogP contribution in [0.1, 0.15) is 54.3 Å². The molecule has 2 aliphatic heterocycles. The van der Waals surface area contributed by atoms with Gasteiger partial charge in [-0.1, -0.05) is 51.9 Å². The van der Waals surface area contributed by atoms with Crippen molar-refractivity contribution >= 4 is 78.1 Å². The molecule has 12 heteroatoms. The lowest BCUT2D eigenvalue weighted by molar-refractivity contribution is 0.0605. The number of nitrogens with one attached hydrogen (secondary N) is 2. The number of imide groups is 2. The quantitative estimate of drug-likeness (QED) is 0.0771. The van der Waals surface area contributed by atoms with Crippen LogP contribution in [0.3, 0.4) is 0 Å². The summed E-state index contributed by atoms with van der Waals surface area (Å²) in [5.41, 5.74) is 3.82. The highest BCUT2D eigenvalue weighted by atomic mass is 33.1. The van der Waals surface area contributed by atoms with Gasteiger partial charge in [-0.05, 0) is 89.8 Å². The largest absolute Gasteiger partial charge is 0.384 e. The maximum atomic E-state index is 13.8. The second-order valence-corrected chi connectivity index (χ2v) is 15.8. The van der Waals surface area contributed by atoms with Crippen LogP contribution in [0.2, 0.25) is 0 Å². The van der Waals surface area contributed by atoms with E-state index in [9.17, 15) is 19.2 Å². The van der Waals surface area contributed by atoms with Crippen LogP contribution in [-0.4, -0.2) is 122 Å². The Hall–Kier alpha value is -4.10. The van der Waals surface area contributed by atoms with E-state index in [2.05, 4.69) is 20.4 Å². The summed E-state index contributed by atoms with van der Waals surface area (Å²) in [6, 6.07) is 18.8. The lowest BCUT2D eigenvalue weighted by atomic mass is 9.92. The zero-order valence-electron chi connectivity index (χ0n) is 29.1. The summed E-state index contributed by atoms with van der Waals surface area (Å²) in [7, 11) is 11.2. The molecule has 0 unspecified atom stereocenters. The number of carbonyl (C=O) groups is 4. The van der Waals surface area contributed by atoms with Crippen molar-refractivity contribution in [2.45, 2.75) is 12.8 Å². The summed E-state index contributed by atoms with van der Waals surface area (Å²) >= 11 is 0. The van der Waals surface area contributed by atoms with Crippen molar-refractivity contribution in [3.05, 3.63) is 82.9 Å². The molecule has 0 aliphatic carbocycles. The SMILES string of the molecule is CN(C)CCCNc1ccc2cccc3c2c1C(=O)N(CCSSCCN1C(=O)c2cccc4c(NCCCN(C)C)ccc(c24)C1=O)C3=O. The molecule has 50 heavy (non-hydrogen) atoms. The highest BCUT2D eigenvalue weighted by Crippen LogP contribution is 2.37. The van der Waals surface area contributed by atoms with Gasteiger partial charge in [0.15, 0.2) is 0 Å². The first-order valence-electron chi connectivity index (χ1n) is 17.0. The fourth-order valence-electron chi connectivity index (χ4n) is 6.62. The summed E-state index contributed by atoms with van der Waals surface area (Å²) in [4.78, 5) is 61.4. The van der Waals surface area contributed by atoms with Crippen molar-refractivity contribution in [2.24, 2.45) is 0 Å². The number of benzene rings is 4. The molecule has 0 saturated carbocycles. The summed E-state index contributed by atoms with van der Waals surface area (Å²) < 4.78 is 0. The Kier molecular flexibility index (Phi) is 11.3. The molecule has 2 aliphatic rings. The van der Waals surface area contributed by atoms with Crippen LogP contribution in [0.5, 0.6) is 0 Å². The predicted molar refractivity (Wildman–Crippen MR) is 207 cm³/mol. The number of hydrogen-bond donors (Lipinski definition) is 2. The van der Waals surface area contributed by atoms with E-state index in [4.69, 9.17) is 0 Å². The minimum atomic E-state index is -0.288. The van der Waals surface area contributed by atoms with Crippen molar-refractivity contribution in [1.29, 1.82) is 0 Å². The molecule has 0 fully saturated rings. The zero-order chi connectivity index (χ0) is 35.4. The van der Waals surface area contributed by atoms with Gasteiger partial charge in [0.05, 0.1) is 5.56 Å². The van der Waals surface area contributed by atoms with E-state index in [0.29, 0.717) is 51.1 Å². The Bertz CT molecular complexity index is 1930. The first-order chi connectivity index (χ1) is 24.2. The Balaban J connectivity index is 1.05. The number of anilines is 2. The van der Waals surface area contributed by atoms with Crippen LogP contribution in [0.25, 0.3) is 21.5 Å². The topological polar surface area (TPSA) is 105 Å². The van der Waals surface area contributed by atoms with Gasteiger partial charge in [-0.25, -0.2) is 0 Å². The summed E-state index contributed by atoms with van der Waals surface area (Å²) in [6.07, 6.45) is 1.89. The molecule has 0 radical (unpaired) electrons. The van der Waals surface area contributed by atoms with E-state index >= 15 is 0 Å². The van der Waals surface area contributed by atoms with Crippen molar-refractivity contribution in [2.75, 3.05) is 89.6 Å². The normalized spacial score (nSPS) is 14.2. The van der Waals surface area contributed by atoms with Crippen LogP contribution >= 0.6 is 21.6 Å². The minimum Gasteiger partial charge on any atom is -0.384 e. The van der Waals surface area contributed by atoms with Crippen LogP contribution in [-0.2, 0) is 0 Å². The molecule has 0 atom stereocenters. The molecule has 4 amide bonds. The molecule has 0 aromatic heterocycles. The van der Waals surface area contributed by atoms with Crippen molar-refractivity contribution < 1.29 is 19.2 Å². The van der Waals surface area contributed by atoms with Gasteiger partial charge in [-0.3, -0.25) is 29.0 Å². The second-order valence-electron chi connectivity index (χ2n) is 13.1. The van der Waals surface area contributed by atoms with Crippen molar-refractivity contribution in [1.82, 2.24) is 19.6 Å². The maximum absolute atomic E-state index is 13.8. The lowest BCUT2D eigenvalue weighted by Gasteiger charge is -2.29. The van der Waals surface area contributed by atoms with E-state index in [0.717, 1.165) is 54.6 Å². The molecule has 0 bridgehead atoms. The molecule has 2 heterocycles. The number of nitrogens with zero attached hydrogens (tertiary/aromatic N) is 4. The fraction of sp³-hybridized carbons (Fsp3) is 0.368. The average Bonchev–Trinajstić information content (AvgIpc) is 3.10. The van der Waals surface area contributed by atoms with Crippen LogP contribution < -0.4 is 10.6 Å². The van der Waals surface area contributed by atoms with Crippen molar-refractivity contribution in [3.63, 3.8) is 0 Å². The van der Waals surface area contributed by atoms with E-state index in [-0.39, 0.29) is 36.7 Å². The third-order valence-electron chi connectivity index (χ3n) is 9.05. The Labute approximate surface area is 301 Å². The Morgan fingerprint density at radius 3 is 1.72 bits per heavy atom. The van der Waals surface area contributed by atoms with Gasteiger partial charge in [0.1, 0.15) is 0 Å². The predicted octanol–water partition coefficient (Wildman–Crippen LogP) is 5.99. The zero-order valence-corrected chi connectivity index (χ0v) is 30.7. The van der Waals surface area contributed by atoms with Crippen LogP contribution in [0.15, 0.2) is 60.7 Å². The molecule has 2 N–H and O–H groups in total. The monoisotopic (exact) mass is 712 g/mol. The third kappa shape index (κ3) is 7.34. The third-order valence-corrected chi connectivity index (χ3v) is 11.4. The van der Waals surface area contributed by atoms with E-state index in [1.165, 1.54) is 31.4 Å². The lowest BCUT2D eigenvalue weighted by Crippen LogP contribution is -2.42. The number of carbonyl (C=O) groups excluding carboxylic acids is 4. The van der Waals surface area contributed by atoms with Gasteiger partial charge >= 0.3 is 0 Å². The first-order valence-corrected chi connectivity index (χ1v) is 19.5. The summed E-state index contributed by atoms with van der Waals surface area (Å²) in [6.45, 7) is 3.91.